The molecule has 1 spiro atoms. The van der Waals surface area contributed by atoms with Gasteiger partial charge in [0.1, 0.15) is 17.2 Å². The third-order valence-electron chi connectivity index (χ3n) is 10.3. The maximum absolute atomic E-state index is 15.0. The van der Waals surface area contributed by atoms with Gasteiger partial charge in [-0.2, -0.15) is 0 Å². The average Bonchev–Trinajstić information content (AvgIpc) is 3.54. The van der Waals surface area contributed by atoms with E-state index in [1.54, 1.807) is 50.5 Å². The Hall–Kier alpha value is -4.64. The highest BCUT2D eigenvalue weighted by atomic mass is 28.3. The number of aliphatic hydroxyl groups excluding tert-OH is 1. The van der Waals surface area contributed by atoms with Crippen LogP contribution in [0.3, 0.4) is 0 Å². The van der Waals surface area contributed by atoms with Gasteiger partial charge in [-0.15, -0.1) is 0 Å². The molecule has 4 atom stereocenters. The van der Waals surface area contributed by atoms with Crippen molar-refractivity contribution in [2.45, 2.75) is 50.2 Å². The van der Waals surface area contributed by atoms with Crippen molar-refractivity contribution in [3.8, 4) is 17.2 Å². The summed E-state index contributed by atoms with van der Waals surface area (Å²) >= 11 is 0. The van der Waals surface area contributed by atoms with E-state index in [0.29, 0.717) is 29.2 Å². The van der Waals surface area contributed by atoms with Gasteiger partial charge in [0.25, 0.3) is 11.8 Å². The minimum Gasteiger partial charge on any atom is -0.497 e. The lowest BCUT2D eigenvalue weighted by Crippen LogP contribution is -2.51. The number of hydrogen-bond acceptors (Lipinski definition) is 7. The first-order valence-electron chi connectivity index (χ1n) is 16.6. The van der Waals surface area contributed by atoms with Crippen molar-refractivity contribution >= 4 is 36.4 Å². The molecule has 2 aliphatic rings. The maximum Gasteiger partial charge on any atom is 0.264 e. The SMILES string of the molecule is COc1ccc(C(=O)Nc2cccc(CN3C(=O)[C@]4(O[C@H](CCO)[C@@H]([Si](C)(C)c5ccc(OC)cc5)[C@@H]4C)c4cc(OC)ccc43)c2)cc1. The fourth-order valence-electron chi connectivity index (χ4n) is 7.85. The molecule has 0 aromatic heterocycles. The molecule has 4 aromatic rings. The third-order valence-corrected chi connectivity index (χ3v) is 14.7. The van der Waals surface area contributed by atoms with Gasteiger partial charge in [0.15, 0.2) is 5.60 Å². The summed E-state index contributed by atoms with van der Waals surface area (Å²) in [5, 5.41) is 14.4. The number of hydrogen-bond donors (Lipinski definition) is 2. The van der Waals surface area contributed by atoms with E-state index < -0.39 is 13.7 Å². The molecular weight excluding hydrogens is 637 g/mol. The number of nitrogens with one attached hydrogen (secondary N) is 1. The van der Waals surface area contributed by atoms with E-state index in [1.807, 2.05) is 54.6 Å². The van der Waals surface area contributed by atoms with E-state index in [2.05, 4.69) is 37.5 Å². The molecule has 0 radical (unpaired) electrons. The zero-order valence-corrected chi connectivity index (χ0v) is 29.9. The lowest BCUT2D eigenvalue weighted by molar-refractivity contribution is -0.146. The number of methoxy groups -OCH3 is 3. The van der Waals surface area contributed by atoms with Crippen LogP contribution in [0.5, 0.6) is 17.2 Å². The van der Waals surface area contributed by atoms with Crippen LogP contribution in [-0.2, 0) is 21.7 Å². The summed E-state index contributed by atoms with van der Waals surface area (Å²) < 4.78 is 23.3. The van der Waals surface area contributed by atoms with Crippen LogP contribution in [0.15, 0.2) is 91.0 Å². The Bertz CT molecular complexity index is 1830. The minimum atomic E-state index is -2.31. The second-order valence-corrected chi connectivity index (χ2v) is 18.0. The highest BCUT2D eigenvalue weighted by Gasteiger charge is 2.66. The second-order valence-electron chi connectivity index (χ2n) is 13.3. The Morgan fingerprint density at radius 1 is 0.898 bits per heavy atom. The van der Waals surface area contributed by atoms with E-state index >= 15 is 0 Å². The van der Waals surface area contributed by atoms with Crippen molar-refractivity contribution < 1.29 is 33.6 Å². The maximum atomic E-state index is 15.0. The number of rotatable bonds is 11. The Balaban J connectivity index is 1.34. The number of aliphatic hydroxyl groups is 1. The van der Waals surface area contributed by atoms with Crippen LogP contribution in [0.1, 0.15) is 34.8 Å². The molecule has 1 saturated heterocycles. The van der Waals surface area contributed by atoms with Gasteiger partial charge in [-0.3, -0.25) is 9.59 Å². The molecule has 4 aromatic carbocycles. The zero-order valence-electron chi connectivity index (χ0n) is 28.9. The number of anilines is 2. The fourth-order valence-corrected chi connectivity index (χ4v) is 11.9. The molecule has 49 heavy (non-hydrogen) atoms. The number of benzene rings is 4. The molecule has 0 bridgehead atoms. The summed E-state index contributed by atoms with van der Waals surface area (Å²) in [4.78, 5) is 29.8. The van der Waals surface area contributed by atoms with Crippen LogP contribution in [0.2, 0.25) is 18.6 Å². The fraction of sp³-hybridized carbons (Fsp3) is 0.333. The Morgan fingerprint density at radius 3 is 2.16 bits per heavy atom. The van der Waals surface area contributed by atoms with Crippen LogP contribution in [0, 0.1) is 5.92 Å². The molecule has 0 unspecified atom stereocenters. The van der Waals surface area contributed by atoms with Gasteiger partial charge in [0, 0.05) is 29.3 Å². The highest BCUT2D eigenvalue weighted by molar-refractivity contribution is 6.91. The predicted octanol–water partition coefficient (Wildman–Crippen LogP) is 6.11. The quantitative estimate of drug-likeness (QED) is 0.184. The van der Waals surface area contributed by atoms with Gasteiger partial charge in [0.2, 0.25) is 0 Å². The first kappa shape index (κ1) is 34.2. The van der Waals surface area contributed by atoms with Crippen molar-refractivity contribution in [1.82, 2.24) is 0 Å². The third kappa shape index (κ3) is 6.09. The Labute approximate surface area is 288 Å². The molecule has 2 N–H and O–H groups in total. The molecule has 256 valence electrons. The smallest absolute Gasteiger partial charge is 0.264 e. The van der Waals surface area contributed by atoms with E-state index in [4.69, 9.17) is 18.9 Å². The van der Waals surface area contributed by atoms with Gasteiger partial charge in [-0.1, -0.05) is 49.5 Å². The molecule has 2 heterocycles. The number of amides is 2. The monoisotopic (exact) mass is 680 g/mol. The largest absolute Gasteiger partial charge is 0.497 e. The normalized spacial score (nSPS) is 21.5. The molecule has 0 aliphatic carbocycles. The molecule has 10 heteroatoms. The van der Waals surface area contributed by atoms with Gasteiger partial charge in [-0.25, -0.2) is 0 Å². The van der Waals surface area contributed by atoms with Crippen LogP contribution in [-0.4, -0.2) is 59.0 Å². The molecule has 6 rings (SSSR count). The summed E-state index contributed by atoms with van der Waals surface area (Å²) in [5.41, 5.74) is 2.28. The summed E-state index contributed by atoms with van der Waals surface area (Å²) in [5.74, 6) is 1.52. The average molecular weight is 681 g/mol. The topological polar surface area (TPSA) is 107 Å². The van der Waals surface area contributed by atoms with Crippen molar-refractivity contribution in [1.29, 1.82) is 0 Å². The van der Waals surface area contributed by atoms with Gasteiger partial charge in [-0.05, 0) is 84.3 Å². The summed E-state index contributed by atoms with van der Waals surface area (Å²) in [6.07, 6.45) is 0.0921. The minimum absolute atomic E-state index is 0.0208. The molecule has 2 amide bonds. The van der Waals surface area contributed by atoms with Crippen LogP contribution >= 0.6 is 0 Å². The molecule has 9 nitrogen and oxygen atoms in total. The van der Waals surface area contributed by atoms with Crippen molar-refractivity contribution in [2.75, 3.05) is 38.2 Å². The van der Waals surface area contributed by atoms with Crippen molar-refractivity contribution in [2.24, 2.45) is 5.92 Å². The number of carbonyl (C=O) groups excluding carboxylic acids is 2. The standard InChI is InChI=1S/C39H44N2O7Si/c1-25-36(49(5,6)32-17-14-30(46-3)15-18-32)35(20-21-42)48-39(25)33-23-31(47-4)16-19-34(33)41(38(39)44)24-26-8-7-9-28(22-26)40-37(43)27-10-12-29(45-2)13-11-27/h7-19,22-23,25,35-36,42H,20-21,24H2,1-6H3,(H,40,43)/t25-,35+,36-,39+/m0/s1. The van der Waals surface area contributed by atoms with Crippen LogP contribution < -0.4 is 29.6 Å². The lowest BCUT2D eigenvalue weighted by atomic mass is 9.82. The van der Waals surface area contributed by atoms with Gasteiger partial charge in [0.05, 0.1) is 47.7 Å². The number of nitrogens with zero attached hydrogens (tertiary/aromatic N) is 1. The molecule has 2 aliphatic heterocycles. The first-order valence-corrected chi connectivity index (χ1v) is 19.6. The van der Waals surface area contributed by atoms with E-state index in [9.17, 15) is 14.7 Å². The summed E-state index contributed by atoms with van der Waals surface area (Å²) in [7, 11) is 2.55. The number of fused-ring (bicyclic) bond motifs is 2. The van der Waals surface area contributed by atoms with E-state index in [0.717, 1.165) is 22.6 Å². The van der Waals surface area contributed by atoms with E-state index in [1.165, 1.54) is 5.19 Å². The van der Waals surface area contributed by atoms with Crippen molar-refractivity contribution in [3.63, 3.8) is 0 Å². The first-order chi connectivity index (χ1) is 23.6. The molecule has 0 saturated carbocycles. The zero-order chi connectivity index (χ0) is 34.9. The lowest BCUT2D eigenvalue weighted by Gasteiger charge is -2.37. The van der Waals surface area contributed by atoms with Gasteiger partial charge >= 0.3 is 0 Å². The summed E-state index contributed by atoms with van der Waals surface area (Å²) in [6, 6.07) is 28.4. The predicted molar refractivity (Wildman–Crippen MR) is 193 cm³/mol. The summed E-state index contributed by atoms with van der Waals surface area (Å²) in [6.45, 7) is 6.99. The van der Waals surface area contributed by atoms with Crippen LogP contribution in [0.25, 0.3) is 0 Å². The van der Waals surface area contributed by atoms with E-state index in [-0.39, 0.29) is 42.5 Å². The highest BCUT2D eigenvalue weighted by Crippen LogP contribution is 2.60. The second kappa shape index (κ2) is 13.7. The number of ether oxygens (including phenoxy) is 4. The Kier molecular flexibility index (Phi) is 9.57. The van der Waals surface area contributed by atoms with Crippen molar-refractivity contribution in [3.05, 3.63) is 108 Å². The van der Waals surface area contributed by atoms with Gasteiger partial charge < -0.3 is 34.3 Å². The molecule has 1 fully saturated rings. The Morgan fingerprint density at radius 2 is 1.53 bits per heavy atom. The molecular formula is C39H44N2O7Si. The van der Waals surface area contributed by atoms with Crippen LogP contribution in [0.4, 0.5) is 11.4 Å². The number of carbonyl (C=O) groups is 2.